The van der Waals surface area contributed by atoms with E-state index in [1.54, 1.807) is 28.9 Å². The molecule has 3 aromatic rings. The van der Waals surface area contributed by atoms with Gasteiger partial charge in [0.05, 0.1) is 17.8 Å². The molecule has 4 rings (SSSR count). The van der Waals surface area contributed by atoms with Crippen LogP contribution in [-0.2, 0) is 18.3 Å². The van der Waals surface area contributed by atoms with Gasteiger partial charge >= 0.3 is 6.18 Å². The van der Waals surface area contributed by atoms with E-state index in [1.165, 1.54) is 0 Å². The first-order valence-corrected chi connectivity index (χ1v) is 9.11. The summed E-state index contributed by atoms with van der Waals surface area (Å²) in [6.07, 6.45) is -1.07. The standard InChI is InChI=1S/C20H21F3N4O/c1-13-9-27(12-19(28-13)20(21,22)23)10-14-3-4-17-16(5-6-24-18(17)7-14)15-8-25-26(2)11-15/h3-8,11,13,19H,9-10,12H2,1-2H3/t13-,19+/m0/s1. The zero-order valence-electron chi connectivity index (χ0n) is 15.6. The largest absolute Gasteiger partial charge is 0.415 e. The van der Waals surface area contributed by atoms with Crippen LogP contribution in [0.5, 0.6) is 0 Å². The number of alkyl halides is 3. The number of halogens is 3. The van der Waals surface area contributed by atoms with Crippen molar-refractivity contribution in [2.24, 2.45) is 7.05 Å². The molecule has 1 aliphatic heterocycles. The van der Waals surface area contributed by atoms with Gasteiger partial charge in [-0.1, -0.05) is 12.1 Å². The fraction of sp³-hybridized carbons (Fsp3) is 0.400. The SMILES string of the molecule is C[C@H]1CN(Cc2ccc3c(-c4cnn(C)c4)ccnc3c2)C[C@H](C(F)(F)F)O1. The van der Waals surface area contributed by atoms with E-state index in [4.69, 9.17) is 4.74 Å². The highest BCUT2D eigenvalue weighted by atomic mass is 19.4. The van der Waals surface area contributed by atoms with Crippen molar-refractivity contribution in [1.29, 1.82) is 0 Å². The van der Waals surface area contributed by atoms with Gasteiger partial charge in [0.25, 0.3) is 0 Å². The number of benzene rings is 1. The Bertz CT molecular complexity index is 985. The maximum atomic E-state index is 13.1. The Hall–Kier alpha value is -2.45. The molecule has 0 N–H and O–H groups in total. The van der Waals surface area contributed by atoms with Crippen LogP contribution in [0, 0.1) is 0 Å². The third-order valence-corrected chi connectivity index (χ3v) is 4.93. The molecule has 2 aromatic heterocycles. The summed E-state index contributed by atoms with van der Waals surface area (Å²) < 4.78 is 46.0. The molecule has 5 nitrogen and oxygen atoms in total. The van der Waals surface area contributed by atoms with E-state index in [0.29, 0.717) is 13.1 Å². The lowest BCUT2D eigenvalue weighted by atomic mass is 10.0. The van der Waals surface area contributed by atoms with Gasteiger partial charge in [-0.2, -0.15) is 18.3 Å². The van der Waals surface area contributed by atoms with Gasteiger partial charge in [-0.15, -0.1) is 0 Å². The molecule has 1 fully saturated rings. The molecule has 148 valence electrons. The number of aryl methyl sites for hydroxylation is 1. The lowest BCUT2D eigenvalue weighted by Crippen LogP contribution is -2.51. The minimum absolute atomic E-state index is 0.158. The highest BCUT2D eigenvalue weighted by Crippen LogP contribution is 2.30. The Balaban J connectivity index is 1.58. The Morgan fingerprint density at radius 3 is 2.75 bits per heavy atom. The second-order valence-corrected chi connectivity index (χ2v) is 7.28. The van der Waals surface area contributed by atoms with Gasteiger partial charge in [0.2, 0.25) is 0 Å². The Kier molecular flexibility index (Phi) is 4.84. The Morgan fingerprint density at radius 1 is 1.21 bits per heavy atom. The first-order chi connectivity index (χ1) is 13.3. The van der Waals surface area contributed by atoms with Gasteiger partial charge in [-0.25, -0.2) is 0 Å². The summed E-state index contributed by atoms with van der Waals surface area (Å²) in [6, 6.07) is 7.81. The quantitative estimate of drug-likeness (QED) is 0.683. The summed E-state index contributed by atoms with van der Waals surface area (Å²) >= 11 is 0. The van der Waals surface area contributed by atoms with Crippen molar-refractivity contribution in [1.82, 2.24) is 19.7 Å². The Morgan fingerprint density at radius 2 is 2.04 bits per heavy atom. The van der Waals surface area contributed by atoms with Crippen LogP contribution in [0.1, 0.15) is 12.5 Å². The van der Waals surface area contributed by atoms with Crippen molar-refractivity contribution >= 4 is 10.9 Å². The molecule has 0 saturated carbocycles. The third kappa shape index (κ3) is 3.88. The van der Waals surface area contributed by atoms with Crippen LogP contribution in [0.25, 0.3) is 22.0 Å². The molecule has 0 spiro atoms. The lowest BCUT2D eigenvalue weighted by Gasteiger charge is -2.37. The van der Waals surface area contributed by atoms with Crippen molar-refractivity contribution in [2.75, 3.05) is 13.1 Å². The van der Waals surface area contributed by atoms with Crippen LogP contribution in [0.15, 0.2) is 42.9 Å². The lowest BCUT2D eigenvalue weighted by molar-refractivity contribution is -0.252. The zero-order valence-corrected chi connectivity index (χ0v) is 15.6. The number of nitrogens with zero attached hydrogens (tertiary/aromatic N) is 4. The Labute approximate surface area is 160 Å². The molecule has 0 radical (unpaired) electrons. The number of aromatic nitrogens is 3. The summed E-state index contributed by atoms with van der Waals surface area (Å²) in [4.78, 5) is 6.24. The molecular formula is C20H21F3N4O. The van der Waals surface area contributed by atoms with Gasteiger partial charge < -0.3 is 4.74 Å². The van der Waals surface area contributed by atoms with Crippen LogP contribution in [-0.4, -0.2) is 51.1 Å². The second-order valence-electron chi connectivity index (χ2n) is 7.28. The molecule has 1 aliphatic rings. The van der Waals surface area contributed by atoms with Crippen molar-refractivity contribution in [2.45, 2.75) is 31.9 Å². The van der Waals surface area contributed by atoms with Crippen molar-refractivity contribution < 1.29 is 17.9 Å². The number of hydrogen-bond donors (Lipinski definition) is 0. The minimum atomic E-state index is -4.35. The van der Waals surface area contributed by atoms with E-state index >= 15 is 0 Å². The summed E-state index contributed by atoms with van der Waals surface area (Å²) in [5.41, 5.74) is 3.77. The van der Waals surface area contributed by atoms with Gasteiger partial charge in [0, 0.05) is 50.0 Å². The molecule has 1 aromatic carbocycles. The predicted octanol–water partition coefficient (Wildman–Crippen LogP) is 3.79. The molecule has 0 amide bonds. The van der Waals surface area contributed by atoms with E-state index < -0.39 is 18.4 Å². The molecule has 3 heterocycles. The molecule has 0 aliphatic carbocycles. The van der Waals surface area contributed by atoms with Crippen molar-refractivity contribution in [3.8, 4) is 11.1 Å². The average molecular weight is 390 g/mol. The highest BCUT2D eigenvalue weighted by Gasteiger charge is 2.44. The van der Waals surface area contributed by atoms with Gasteiger partial charge in [0.1, 0.15) is 0 Å². The average Bonchev–Trinajstić information content (AvgIpc) is 3.06. The van der Waals surface area contributed by atoms with Gasteiger partial charge in [-0.05, 0) is 30.2 Å². The smallest absolute Gasteiger partial charge is 0.363 e. The minimum Gasteiger partial charge on any atom is -0.363 e. The maximum Gasteiger partial charge on any atom is 0.415 e. The second kappa shape index (κ2) is 7.18. The van der Waals surface area contributed by atoms with Crippen molar-refractivity contribution in [3.63, 3.8) is 0 Å². The van der Waals surface area contributed by atoms with Gasteiger partial charge in [0.15, 0.2) is 6.10 Å². The number of pyridine rings is 1. The topological polar surface area (TPSA) is 43.2 Å². The summed E-state index contributed by atoms with van der Waals surface area (Å²) in [5, 5.41) is 5.20. The van der Waals surface area contributed by atoms with E-state index in [1.807, 2.05) is 37.5 Å². The van der Waals surface area contributed by atoms with Crippen molar-refractivity contribution in [3.05, 3.63) is 48.4 Å². The van der Waals surface area contributed by atoms with Crippen LogP contribution >= 0.6 is 0 Å². The normalized spacial score (nSPS) is 21.3. The van der Waals surface area contributed by atoms with E-state index in [0.717, 1.165) is 27.6 Å². The van der Waals surface area contributed by atoms with E-state index in [-0.39, 0.29) is 6.54 Å². The number of ether oxygens (including phenoxy) is 1. The monoisotopic (exact) mass is 390 g/mol. The fourth-order valence-corrected chi connectivity index (χ4v) is 3.71. The van der Waals surface area contributed by atoms with Gasteiger partial charge in [-0.3, -0.25) is 14.6 Å². The van der Waals surface area contributed by atoms with Crippen LogP contribution in [0.4, 0.5) is 13.2 Å². The summed E-state index contributed by atoms with van der Waals surface area (Å²) in [7, 11) is 1.86. The molecule has 1 saturated heterocycles. The molecule has 0 bridgehead atoms. The maximum absolute atomic E-state index is 13.1. The number of rotatable bonds is 3. The first kappa shape index (κ1) is 18.9. The number of hydrogen-bond acceptors (Lipinski definition) is 4. The molecular weight excluding hydrogens is 369 g/mol. The van der Waals surface area contributed by atoms with E-state index in [9.17, 15) is 13.2 Å². The number of morpholine rings is 1. The molecule has 28 heavy (non-hydrogen) atoms. The molecule has 0 unspecified atom stereocenters. The van der Waals surface area contributed by atoms with Crippen LogP contribution in [0.3, 0.4) is 0 Å². The fourth-order valence-electron chi connectivity index (χ4n) is 3.71. The van der Waals surface area contributed by atoms with Crippen LogP contribution < -0.4 is 0 Å². The van der Waals surface area contributed by atoms with Crippen LogP contribution in [0.2, 0.25) is 0 Å². The van der Waals surface area contributed by atoms with E-state index in [2.05, 4.69) is 10.1 Å². The summed E-state index contributed by atoms with van der Waals surface area (Å²) in [5.74, 6) is 0. The zero-order chi connectivity index (χ0) is 19.9. The third-order valence-electron chi connectivity index (χ3n) is 4.93. The molecule has 2 atom stereocenters. The number of fused-ring (bicyclic) bond motifs is 1. The highest BCUT2D eigenvalue weighted by molar-refractivity contribution is 5.94. The summed E-state index contributed by atoms with van der Waals surface area (Å²) in [6.45, 7) is 2.41. The predicted molar refractivity (Wildman–Crippen MR) is 99.6 cm³/mol. The first-order valence-electron chi connectivity index (χ1n) is 9.11. The molecule has 8 heteroatoms.